The fourth-order valence-corrected chi connectivity index (χ4v) is 3.11. The molecule has 0 radical (unpaired) electrons. The van der Waals surface area contributed by atoms with Gasteiger partial charge in [0.15, 0.2) is 0 Å². The van der Waals surface area contributed by atoms with Gasteiger partial charge in [-0.1, -0.05) is 12.1 Å². The van der Waals surface area contributed by atoms with Gasteiger partial charge in [-0.25, -0.2) is 0 Å². The van der Waals surface area contributed by atoms with E-state index in [9.17, 15) is 13.6 Å². The number of hydrogen-bond donors (Lipinski definition) is 0. The van der Waals surface area contributed by atoms with Crippen LogP contribution in [0, 0.1) is 6.92 Å². The molecule has 7 heteroatoms. The van der Waals surface area contributed by atoms with Gasteiger partial charge in [-0.05, 0) is 45.2 Å². The predicted octanol–water partition coefficient (Wildman–Crippen LogP) is 3.97. The quantitative estimate of drug-likeness (QED) is 0.839. The first-order valence-electron chi connectivity index (χ1n) is 8.32. The molecule has 0 bridgehead atoms. The molecule has 0 N–H and O–H groups in total. The maximum atomic E-state index is 13.1. The van der Waals surface area contributed by atoms with Crippen molar-refractivity contribution >= 4 is 11.6 Å². The highest BCUT2D eigenvalue weighted by Crippen LogP contribution is 2.38. The molecule has 2 aromatic rings. The van der Waals surface area contributed by atoms with Gasteiger partial charge < -0.3 is 9.64 Å². The van der Waals surface area contributed by atoms with Crippen LogP contribution in [0.25, 0.3) is 0 Å². The molecule has 0 aliphatic carbocycles. The minimum Gasteiger partial charge on any atom is -0.433 e. The number of amides is 1. The van der Waals surface area contributed by atoms with Crippen molar-refractivity contribution in [3.8, 4) is 5.75 Å². The average molecular weight is 349 g/mol. The summed E-state index contributed by atoms with van der Waals surface area (Å²) in [6.45, 7) is 3.26. The van der Waals surface area contributed by atoms with Gasteiger partial charge in [0.2, 0.25) is 0 Å². The highest BCUT2D eigenvalue weighted by Gasteiger charge is 2.29. The first-order chi connectivity index (χ1) is 11.9. The van der Waals surface area contributed by atoms with Crippen molar-refractivity contribution in [2.24, 2.45) is 0 Å². The molecule has 134 valence electrons. The Balaban J connectivity index is 2.01. The summed E-state index contributed by atoms with van der Waals surface area (Å²) in [5, 5.41) is 4.37. The van der Waals surface area contributed by atoms with Gasteiger partial charge in [0.25, 0.3) is 5.91 Å². The molecule has 25 heavy (non-hydrogen) atoms. The number of carbonyl (C=O) groups excluding carboxylic acids is 1. The molecular weight excluding hydrogens is 328 g/mol. The normalized spacial score (nSPS) is 14.1. The third-order valence-electron chi connectivity index (χ3n) is 4.32. The lowest BCUT2D eigenvalue weighted by molar-refractivity contribution is -0.0495. The molecule has 5 nitrogen and oxygen atoms in total. The summed E-state index contributed by atoms with van der Waals surface area (Å²) >= 11 is 0. The maximum absolute atomic E-state index is 13.1. The number of alkyl halides is 2. The minimum absolute atomic E-state index is 0.0365. The van der Waals surface area contributed by atoms with E-state index in [1.165, 1.54) is 11.0 Å². The predicted molar refractivity (Wildman–Crippen MR) is 90.4 cm³/mol. The zero-order chi connectivity index (χ0) is 18.1. The zero-order valence-corrected chi connectivity index (χ0v) is 14.5. The Bertz CT molecular complexity index is 787. The largest absolute Gasteiger partial charge is 0.433 e. The summed E-state index contributed by atoms with van der Waals surface area (Å²) < 4.78 is 31.9. The Morgan fingerprint density at radius 1 is 1.32 bits per heavy atom. The number of hydrogen-bond acceptors (Lipinski definition) is 3. The number of ether oxygens (including phenoxy) is 1. The van der Waals surface area contributed by atoms with Crippen LogP contribution in [0.2, 0.25) is 0 Å². The Kier molecular flexibility index (Phi) is 4.74. The minimum atomic E-state index is -2.93. The maximum Gasteiger partial charge on any atom is 0.387 e. The Morgan fingerprint density at radius 2 is 2.08 bits per heavy atom. The van der Waals surface area contributed by atoms with Crippen molar-refractivity contribution in [2.75, 3.05) is 11.4 Å². The smallest absolute Gasteiger partial charge is 0.387 e. The van der Waals surface area contributed by atoms with E-state index in [0.717, 1.165) is 18.4 Å². The second-order valence-electron chi connectivity index (χ2n) is 6.40. The number of nitrogens with zero attached hydrogens (tertiary/aromatic N) is 3. The number of benzene rings is 1. The van der Waals surface area contributed by atoms with E-state index in [1.54, 1.807) is 23.9 Å². The summed E-state index contributed by atoms with van der Waals surface area (Å²) in [6, 6.07) is 5.12. The van der Waals surface area contributed by atoms with Gasteiger partial charge in [0.1, 0.15) is 5.75 Å². The highest BCUT2D eigenvalue weighted by molar-refractivity contribution is 6.08. The van der Waals surface area contributed by atoms with Crippen LogP contribution >= 0.6 is 0 Å². The van der Waals surface area contributed by atoms with E-state index >= 15 is 0 Å². The van der Waals surface area contributed by atoms with Crippen LogP contribution < -0.4 is 9.64 Å². The van der Waals surface area contributed by atoms with Gasteiger partial charge in [0.05, 0.1) is 16.9 Å². The number of aryl methyl sites for hydroxylation is 2. The molecule has 3 rings (SSSR count). The highest BCUT2D eigenvalue weighted by atomic mass is 19.3. The van der Waals surface area contributed by atoms with E-state index in [1.807, 2.05) is 19.9 Å². The summed E-state index contributed by atoms with van der Waals surface area (Å²) in [4.78, 5) is 14.6. The number of anilines is 1. The Morgan fingerprint density at radius 3 is 2.72 bits per heavy atom. The summed E-state index contributed by atoms with van der Waals surface area (Å²) in [5.74, 6) is -0.204. The lowest BCUT2D eigenvalue weighted by Crippen LogP contribution is -2.36. The number of fused-ring (bicyclic) bond motifs is 1. The van der Waals surface area contributed by atoms with E-state index in [0.29, 0.717) is 23.5 Å². The van der Waals surface area contributed by atoms with Crippen LogP contribution in [0.1, 0.15) is 47.9 Å². The van der Waals surface area contributed by atoms with Crippen molar-refractivity contribution in [3.05, 3.63) is 41.2 Å². The number of aromatic nitrogens is 2. The van der Waals surface area contributed by atoms with E-state index in [-0.39, 0.29) is 17.7 Å². The first kappa shape index (κ1) is 17.4. The van der Waals surface area contributed by atoms with Gasteiger partial charge >= 0.3 is 6.61 Å². The van der Waals surface area contributed by atoms with Crippen LogP contribution in [-0.4, -0.2) is 28.8 Å². The molecule has 1 amide bonds. The fourth-order valence-electron chi connectivity index (χ4n) is 3.11. The third-order valence-corrected chi connectivity index (χ3v) is 4.32. The topological polar surface area (TPSA) is 47.4 Å². The van der Waals surface area contributed by atoms with Gasteiger partial charge in [-0.3, -0.25) is 9.48 Å². The monoisotopic (exact) mass is 349 g/mol. The lowest BCUT2D eigenvalue weighted by Gasteiger charge is -2.31. The van der Waals surface area contributed by atoms with Crippen molar-refractivity contribution < 1.29 is 18.3 Å². The first-order valence-corrected chi connectivity index (χ1v) is 8.32. The van der Waals surface area contributed by atoms with E-state index in [2.05, 4.69) is 9.84 Å². The van der Waals surface area contributed by atoms with Crippen molar-refractivity contribution in [1.29, 1.82) is 0 Å². The number of rotatable bonds is 4. The van der Waals surface area contributed by atoms with Crippen LogP contribution in [-0.2, 0) is 6.42 Å². The van der Waals surface area contributed by atoms with Gasteiger partial charge in [-0.2, -0.15) is 13.9 Å². The summed E-state index contributed by atoms with van der Waals surface area (Å²) in [6.07, 6.45) is 3.21. The molecular formula is C18H21F2N3O2. The second kappa shape index (κ2) is 6.82. The lowest BCUT2D eigenvalue weighted by atomic mass is 10.00. The molecule has 1 aliphatic rings. The average Bonchev–Trinajstić information content (AvgIpc) is 2.95. The Hall–Kier alpha value is -2.44. The number of halogens is 2. The van der Waals surface area contributed by atoms with Crippen LogP contribution in [0.15, 0.2) is 24.4 Å². The molecule has 0 unspecified atom stereocenters. The molecule has 1 aromatic carbocycles. The van der Waals surface area contributed by atoms with Crippen LogP contribution in [0.5, 0.6) is 5.75 Å². The Labute approximate surface area is 145 Å². The molecule has 0 spiro atoms. The summed E-state index contributed by atoms with van der Waals surface area (Å²) in [5.41, 5.74) is 2.38. The van der Waals surface area contributed by atoms with Gasteiger partial charge in [0, 0.05) is 18.8 Å². The molecule has 1 aliphatic heterocycles. The molecule has 0 fully saturated rings. The zero-order valence-electron chi connectivity index (χ0n) is 14.5. The molecule has 2 heterocycles. The van der Waals surface area contributed by atoms with Crippen molar-refractivity contribution in [1.82, 2.24) is 9.78 Å². The molecule has 0 saturated heterocycles. The SMILES string of the molecule is Cc1nn(C(C)C)cc1C(=O)N1CCCc2cccc(OC(F)F)c21. The van der Waals surface area contributed by atoms with E-state index in [4.69, 9.17) is 0 Å². The van der Waals surface area contributed by atoms with Crippen LogP contribution in [0.4, 0.5) is 14.5 Å². The molecule has 1 aromatic heterocycles. The van der Waals surface area contributed by atoms with Crippen LogP contribution in [0.3, 0.4) is 0 Å². The van der Waals surface area contributed by atoms with E-state index < -0.39 is 6.61 Å². The van der Waals surface area contributed by atoms with Crippen molar-refractivity contribution in [3.63, 3.8) is 0 Å². The van der Waals surface area contributed by atoms with Crippen molar-refractivity contribution in [2.45, 2.75) is 46.3 Å². The third kappa shape index (κ3) is 3.36. The molecule has 0 saturated carbocycles. The summed E-state index contributed by atoms with van der Waals surface area (Å²) in [7, 11) is 0. The second-order valence-corrected chi connectivity index (χ2v) is 6.40. The fraction of sp³-hybridized carbons (Fsp3) is 0.444. The van der Waals surface area contributed by atoms with Gasteiger partial charge in [-0.15, -0.1) is 0 Å². The molecule has 0 atom stereocenters. The number of carbonyl (C=O) groups is 1. The number of para-hydroxylation sites is 1. The standard InChI is InChI=1S/C18H21F2N3O2/c1-11(2)23-10-14(12(3)21-23)17(24)22-9-5-7-13-6-4-8-15(16(13)22)25-18(19)20/h4,6,8,10-11,18H,5,7,9H2,1-3H3.